The summed E-state index contributed by atoms with van der Waals surface area (Å²) in [7, 11) is 0. The van der Waals surface area contributed by atoms with Gasteiger partial charge in [-0.3, -0.25) is 5.10 Å². The van der Waals surface area contributed by atoms with Crippen molar-refractivity contribution in [3.05, 3.63) is 30.9 Å². The second-order valence-electron chi connectivity index (χ2n) is 3.28. The summed E-state index contributed by atoms with van der Waals surface area (Å²) in [6, 6.07) is 1.68. The number of hydrogen-bond acceptors (Lipinski definition) is 3. The molecule has 0 aromatic carbocycles. The van der Waals surface area contributed by atoms with Crippen molar-refractivity contribution in [2.45, 2.75) is 0 Å². The highest BCUT2D eigenvalue weighted by molar-refractivity contribution is 5.93. The van der Waals surface area contributed by atoms with Crippen LogP contribution in [0.2, 0.25) is 0 Å². The lowest BCUT2D eigenvalue weighted by molar-refractivity contribution is 0.474. The van der Waals surface area contributed by atoms with Gasteiger partial charge in [-0.1, -0.05) is 0 Å². The molecule has 0 spiro atoms. The van der Waals surface area contributed by atoms with Gasteiger partial charge in [-0.15, -0.1) is 0 Å². The number of rotatable bonds is 1. The van der Waals surface area contributed by atoms with Gasteiger partial charge < -0.3 is 10.1 Å². The maximum Gasteiger partial charge on any atom is 0.138 e. The third kappa shape index (κ3) is 1.17. The number of H-pyrrole nitrogens is 2. The molecular weight excluding hydrogens is 192 g/mol. The first-order chi connectivity index (χ1) is 7.34. The van der Waals surface area contributed by atoms with E-state index in [2.05, 4.69) is 20.2 Å². The first kappa shape index (κ1) is 8.05. The molecule has 3 N–H and O–H groups in total. The van der Waals surface area contributed by atoms with E-state index in [1.165, 1.54) is 6.20 Å². The second-order valence-corrected chi connectivity index (χ2v) is 3.28. The molecule has 0 aliphatic heterocycles. The molecule has 0 atom stereocenters. The molecule has 15 heavy (non-hydrogen) atoms. The van der Waals surface area contributed by atoms with Crippen molar-refractivity contribution in [1.29, 1.82) is 0 Å². The van der Waals surface area contributed by atoms with Crippen molar-refractivity contribution in [3.8, 4) is 16.9 Å². The van der Waals surface area contributed by atoms with Crippen LogP contribution in [0, 0.1) is 0 Å². The van der Waals surface area contributed by atoms with E-state index < -0.39 is 0 Å². The van der Waals surface area contributed by atoms with Crippen LogP contribution in [-0.2, 0) is 0 Å². The van der Waals surface area contributed by atoms with Gasteiger partial charge in [-0.25, -0.2) is 4.98 Å². The van der Waals surface area contributed by atoms with Crippen LogP contribution < -0.4 is 0 Å². The fourth-order valence-corrected chi connectivity index (χ4v) is 1.63. The third-order valence-electron chi connectivity index (χ3n) is 2.33. The Bertz CT molecular complexity index is 597. The fraction of sp³-hybridized carbons (Fsp3) is 0. The predicted molar refractivity (Wildman–Crippen MR) is 55.3 cm³/mol. The molecule has 3 rings (SSSR count). The maximum atomic E-state index is 9.37. The Balaban J connectivity index is 2.32. The van der Waals surface area contributed by atoms with Crippen LogP contribution >= 0.6 is 0 Å². The lowest BCUT2D eigenvalue weighted by Gasteiger charge is -1.94. The van der Waals surface area contributed by atoms with E-state index in [0.29, 0.717) is 0 Å². The molecule has 3 aromatic rings. The SMILES string of the molecule is Oc1cnc2[nH]cc(-c3cn[nH]c3)c2c1. The molecule has 0 saturated carbocycles. The topological polar surface area (TPSA) is 77.6 Å². The van der Waals surface area contributed by atoms with Crippen molar-refractivity contribution in [2.75, 3.05) is 0 Å². The van der Waals surface area contributed by atoms with Gasteiger partial charge >= 0.3 is 0 Å². The molecular formula is C10H8N4O. The number of pyridine rings is 1. The minimum Gasteiger partial charge on any atom is -0.506 e. The zero-order valence-corrected chi connectivity index (χ0v) is 7.73. The van der Waals surface area contributed by atoms with Gasteiger partial charge in [-0.05, 0) is 6.07 Å². The Morgan fingerprint density at radius 2 is 2.13 bits per heavy atom. The zero-order valence-electron chi connectivity index (χ0n) is 7.73. The molecule has 0 unspecified atom stereocenters. The van der Waals surface area contributed by atoms with Gasteiger partial charge in [0.2, 0.25) is 0 Å². The molecule has 5 nitrogen and oxygen atoms in total. The van der Waals surface area contributed by atoms with Crippen LogP contribution in [0.3, 0.4) is 0 Å². The summed E-state index contributed by atoms with van der Waals surface area (Å²) in [6.07, 6.45) is 6.79. The number of aromatic nitrogens is 4. The van der Waals surface area contributed by atoms with Gasteiger partial charge in [-0.2, -0.15) is 5.10 Å². The highest BCUT2D eigenvalue weighted by Gasteiger charge is 2.08. The summed E-state index contributed by atoms with van der Waals surface area (Å²) >= 11 is 0. The van der Waals surface area contributed by atoms with E-state index in [-0.39, 0.29) is 5.75 Å². The molecule has 3 aromatic heterocycles. The molecule has 0 bridgehead atoms. The van der Waals surface area contributed by atoms with Crippen molar-refractivity contribution in [1.82, 2.24) is 20.2 Å². The normalized spacial score (nSPS) is 10.9. The number of fused-ring (bicyclic) bond motifs is 1. The van der Waals surface area contributed by atoms with Gasteiger partial charge in [0, 0.05) is 28.9 Å². The summed E-state index contributed by atoms with van der Waals surface area (Å²) < 4.78 is 0. The Morgan fingerprint density at radius 1 is 1.20 bits per heavy atom. The van der Waals surface area contributed by atoms with Crippen LogP contribution in [0.15, 0.2) is 30.9 Å². The van der Waals surface area contributed by atoms with E-state index in [1.54, 1.807) is 18.5 Å². The lowest BCUT2D eigenvalue weighted by atomic mass is 10.1. The van der Waals surface area contributed by atoms with Crippen molar-refractivity contribution in [3.63, 3.8) is 0 Å². The van der Waals surface area contributed by atoms with Crippen LogP contribution in [0.5, 0.6) is 5.75 Å². The van der Waals surface area contributed by atoms with Gasteiger partial charge in [0.1, 0.15) is 11.4 Å². The summed E-state index contributed by atoms with van der Waals surface area (Å²) in [6.45, 7) is 0. The minimum atomic E-state index is 0.159. The molecule has 3 heterocycles. The van der Waals surface area contributed by atoms with Crippen molar-refractivity contribution >= 4 is 11.0 Å². The Morgan fingerprint density at radius 3 is 2.93 bits per heavy atom. The number of aromatic hydroxyl groups is 1. The molecule has 0 saturated heterocycles. The smallest absolute Gasteiger partial charge is 0.138 e. The highest BCUT2D eigenvalue weighted by atomic mass is 16.3. The lowest BCUT2D eigenvalue weighted by Crippen LogP contribution is -1.75. The number of nitrogens with zero attached hydrogens (tertiary/aromatic N) is 2. The summed E-state index contributed by atoms with van der Waals surface area (Å²) in [5.41, 5.74) is 2.69. The summed E-state index contributed by atoms with van der Waals surface area (Å²) in [4.78, 5) is 7.11. The molecule has 74 valence electrons. The van der Waals surface area contributed by atoms with Gasteiger partial charge in [0.05, 0.1) is 12.4 Å². The third-order valence-corrected chi connectivity index (χ3v) is 2.33. The molecule has 0 aliphatic rings. The Hall–Kier alpha value is -2.30. The van der Waals surface area contributed by atoms with Crippen LogP contribution in [0.25, 0.3) is 22.2 Å². The fourth-order valence-electron chi connectivity index (χ4n) is 1.63. The van der Waals surface area contributed by atoms with E-state index >= 15 is 0 Å². The first-order valence-corrected chi connectivity index (χ1v) is 4.50. The predicted octanol–water partition coefficient (Wildman–Crippen LogP) is 1.66. The maximum absolute atomic E-state index is 9.37. The van der Waals surface area contributed by atoms with Crippen LogP contribution in [0.4, 0.5) is 0 Å². The molecule has 5 heteroatoms. The molecule has 0 fully saturated rings. The first-order valence-electron chi connectivity index (χ1n) is 4.50. The second kappa shape index (κ2) is 2.84. The minimum absolute atomic E-state index is 0.159. The molecule has 0 amide bonds. The number of nitrogens with one attached hydrogen (secondary N) is 2. The van der Waals surface area contributed by atoms with E-state index in [0.717, 1.165) is 22.2 Å². The quantitative estimate of drug-likeness (QED) is 0.559. The largest absolute Gasteiger partial charge is 0.506 e. The van der Waals surface area contributed by atoms with E-state index in [9.17, 15) is 5.11 Å². The summed E-state index contributed by atoms with van der Waals surface area (Å²) in [5.74, 6) is 0.159. The average Bonchev–Trinajstić information content (AvgIpc) is 2.83. The number of hydrogen-bond donors (Lipinski definition) is 3. The molecule has 0 aliphatic carbocycles. The van der Waals surface area contributed by atoms with Crippen LogP contribution in [-0.4, -0.2) is 25.3 Å². The average molecular weight is 200 g/mol. The Kier molecular flexibility index (Phi) is 1.53. The number of aromatic amines is 2. The highest BCUT2D eigenvalue weighted by Crippen LogP contribution is 2.28. The van der Waals surface area contributed by atoms with Gasteiger partial charge in [0.25, 0.3) is 0 Å². The van der Waals surface area contributed by atoms with E-state index in [4.69, 9.17) is 0 Å². The molecule has 0 radical (unpaired) electrons. The zero-order chi connectivity index (χ0) is 10.3. The van der Waals surface area contributed by atoms with Crippen molar-refractivity contribution < 1.29 is 5.11 Å². The van der Waals surface area contributed by atoms with Gasteiger partial charge in [0.15, 0.2) is 0 Å². The standard InChI is InChI=1S/C10H8N4O/c15-7-1-8-9(6-2-13-14-3-6)5-12-10(8)11-4-7/h1-5,15H,(H,11,12)(H,13,14). The summed E-state index contributed by atoms with van der Waals surface area (Å²) in [5, 5.41) is 16.9. The van der Waals surface area contributed by atoms with Crippen LogP contribution in [0.1, 0.15) is 0 Å². The monoisotopic (exact) mass is 200 g/mol. The van der Waals surface area contributed by atoms with E-state index in [1.807, 2.05) is 6.20 Å². The Labute approximate surface area is 84.8 Å². The van der Waals surface area contributed by atoms with Crippen molar-refractivity contribution in [2.24, 2.45) is 0 Å².